The monoisotopic (exact) mass is 423 g/mol. The number of hydrogen-bond acceptors (Lipinski definition) is 3. The molecule has 1 aliphatic heterocycles. The first-order valence-corrected chi connectivity index (χ1v) is 9.30. The highest BCUT2D eigenvalue weighted by Gasteiger charge is 2.39. The van der Waals surface area contributed by atoms with E-state index >= 15 is 0 Å². The highest BCUT2D eigenvalue weighted by Crippen LogP contribution is 2.27. The van der Waals surface area contributed by atoms with Crippen molar-refractivity contribution in [1.29, 1.82) is 0 Å². The van der Waals surface area contributed by atoms with E-state index in [1.54, 1.807) is 4.90 Å². The van der Waals surface area contributed by atoms with Crippen molar-refractivity contribution < 1.29 is 18.4 Å². The minimum absolute atomic E-state index is 0. The molecule has 1 atom stereocenters. The maximum absolute atomic E-state index is 13.5. The van der Waals surface area contributed by atoms with Crippen LogP contribution >= 0.6 is 12.4 Å². The molecule has 0 saturated carbocycles. The minimum atomic E-state index is -1.02. The van der Waals surface area contributed by atoms with Crippen LogP contribution in [-0.2, 0) is 16.0 Å². The van der Waals surface area contributed by atoms with Crippen LogP contribution in [0, 0.1) is 17.6 Å². The second-order valence-corrected chi connectivity index (χ2v) is 6.78. The average Bonchev–Trinajstić information content (AvgIpc) is 3.09. The van der Waals surface area contributed by atoms with Gasteiger partial charge < -0.3 is 15.5 Å². The van der Waals surface area contributed by atoms with Crippen molar-refractivity contribution in [2.24, 2.45) is 11.7 Å². The fourth-order valence-corrected chi connectivity index (χ4v) is 3.44. The van der Waals surface area contributed by atoms with Gasteiger partial charge in [-0.1, -0.05) is 30.3 Å². The Bertz CT molecular complexity index is 851. The van der Waals surface area contributed by atoms with Crippen molar-refractivity contribution in [3.63, 3.8) is 0 Å². The Kier molecular flexibility index (Phi) is 8.10. The predicted octanol–water partition coefficient (Wildman–Crippen LogP) is 2.77. The lowest BCUT2D eigenvalue weighted by Crippen LogP contribution is -2.43. The molecule has 2 aromatic rings. The molecule has 0 spiro atoms. The van der Waals surface area contributed by atoms with E-state index in [1.165, 1.54) is 11.0 Å². The Morgan fingerprint density at radius 3 is 2.48 bits per heavy atom. The normalized spacial score (nSPS) is 15.9. The second-order valence-electron chi connectivity index (χ2n) is 6.78. The first-order valence-electron chi connectivity index (χ1n) is 9.30. The fourth-order valence-electron chi connectivity index (χ4n) is 3.44. The van der Waals surface area contributed by atoms with Gasteiger partial charge in [0.2, 0.25) is 11.8 Å². The number of carbonyl (C=O) groups is 2. The number of amides is 2. The van der Waals surface area contributed by atoms with E-state index in [-0.39, 0.29) is 30.5 Å². The van der Waals surface area contributed by atoms with Crippen LogP contribution in [0.15, 0.2) is 48.5 Å². The molecule has 8 heteroatoms. The molecule has 0 radical (unpaired) electrons. The van der Waals surface area contributed by atoms with Crippen molar-refractivity contribution in [2.75, 3.05) is 31.1 Å². The van der Waals surface area contributed by atoms with Crippen LogP contribution in [0.5, 0.6) is 0 Å². The smallest absolute Gasteiger partial charge is 0.239 e. The number of nitrogens with two attached hydrogens (primary N) is 1. The summed E-state index contributed by atoms with van der Waals surface area (Å²) >= 11 is 0. The topological polar surface area (TPSA) is 66.6 Å². The molecule has 0 aromatic heterocycles. The summed E-state index contributed by atoms with van der Waals surface area (Å²) in [7, 11) is 0. The first-order chi connectivity index (χ1) is 13.5. The number of benzene rings is 2. The molecular weight excluding hydrogens is 400 g/mol. The molecular formula is C21H24ClF2N3O2. The molecule has 1 unspecified atom stereocenters. The minimum Gasteiger partial charge on any atom is -0.340 e. The number of anilines is 1. The van der Waals surface area contributed by atoms with Crippen LogP contribution in [0.4, 0.5) is 14.5 Å². The second kappa shape index (κ2) is 10.3. The van der Waals surface area contributed by atoms with E-state index in [2.05, 4.69) is 0 Å². The van der Waals surface area contributed by atoms with Crippen molar-refractivity contribution in [2.45, 2.75) is 12.8 Å². The Labute approximate surface area is 174 Å². The molecule has 3 rings (SSSR count). The van der Waals surface area contributed by atoms with Crippen LogP contribution in [-0.4, -0.2) is 42.9 Å². The van der Waals surface area contributed by atoms with E-state index in [0.29, 0.717) is 32.5 Å². The lowest BCUT2D eigenvalue weighted by molar-refractivity contribution is -0.139. The Morgan fingerprint density at radius 1 is 1.10 bits per heavy atom. The van der Waals surface area contributed by atoms with Crippen molar-refractivity contribution in [3.8, 4) is 0 Å². The molecule has 2 amide bonds. The largest absolute Gasteiger partial charge is 0.340 e. The van der Waals surface area contributed by atoms with Crippen LogP contribution < -0.4 is 10.6 Å². The van der Waals surface area contributed by atoms with E-state index in [9.17, 15) is 18.4 Å². The zero-order valence-electron chi connectivity index (χ0n) is 15.9. The van der Waals surface area contributed by atoms with Crippen LogP contribution in [0.2, 0.25) is 0 Å². The lowest BCUT2D eigenvalue weighted by Gasteiger charge is -2.25. The van der Waals surface area contributed by atoms with Crippen LogP contribution in [0.1, 0.15) is 12.0 Å². The van der Waals surface area contributed by atoms with Crippen LogP contribution in [0.3, 0.4) is 0 Å². The van der Waals surface area contributed by atoms with Gasteiger partial charge in [-0.25, -0.2) is 8.78 Å². The Morgan fingerprint density at radius 2 is 1.83 bits per heavy atom. The summed E-state index contributed by atoms with van der Waals surface area (Å²) in [5, 5.41) is 0. The Hall–Kier alpha value is -2.51. The molecule has 1 fully saturated rings. The Balaban J connectivity index is 0.00000300. The third-order valence-electron chi connectivity index (χ3n) is 4.94. The summed E-state index contributed by atoms with van der Waals surface area (Å²) < 4.78 is 26.7. The van der Waals surface area contributed by atoms with E-state index in [4.69, 9.17) is 5.73 Å². The van der Waals surface area contributed by atoms with Gasteiger partial charge in [0.15, 0.2) is 11.6 Å². The van der Waals surface area contributed by atoms with E-state index < -0.39 is 23.5 Å². The standard InChI is InChI=1S/C21H23F2N3O2.ClH/c22-18-7-6-16(14-19(18)23)26-12-9-17(21(26)28)20(27)25(13-10-24)11-8-15-4-2-1-3-5-15;/h1-7,14,17H,8-13,24H2;1H. The maximum Gasteiger partial charge on any atom is 0.239 e. The van der Waals surface area contributed by atoms with E-state index in [0.717, 1.165) is 17.7 Å². The van der Waals surface area contributed by atoms with Crippen molar-refractivity contribution in [1.82, 2.24) is 4.90 Å². The highest BCUT2D eigenvalue weighted by atomic mass is 35.5. The van der Waals surface area contributed by atoms with Crippen molar-refractivity contribution in [3.05, 3.63) is 65.7 Å². The molecule has 0 aliphatic carbocycles. The molecule has 2 N–H and O–H groups in total. The molecule has 1 saturated heterocycles. The number of hydrogen-bond donors (Lipinski definition) is 1. The van der Waals surface area contributed by atoms with Gasteiger partial charge in [0.1, 0.15) is 5.92 Å². The maximum atomic E-state index is 13.5. The molecule has 1 heterocycles. The zero-order chi connectivity index (χ0) is 20.1. The van der Waals surface area contributed by atoms with Gasteiger partial charge in [0, 0.05) is 37.9 Å². The molecule has 29 heavy (non-hydrogen) atoms. The molecule has 156 valence electrons. The predicted molar refractivity (Wildman–Crippen MR) is 110 cm³/mol. The highest BCUT2D eigenvalue weighted by molar-refractivity contribution is 6.09. The van der Waals surface area contributed by atoms with Gasteiger partial charge in [0.25, 0.3) is 0 Å². The summed E-state index contributed by atoms with van der Waals surface area (Å²) in [5.74, 6) is -3.48. The van der Waals surface area contributed by atoms with Gasteiger partial charge >= 0.3 is 0 Å². The summed E-state index contributed by atoms with van der Waals surface area (Å²) in [6.07, 6.45) is 1.00. The molecule has 2 aromatic carbocycles. The van der Waals surface area contributed by atoms with Gasteiger partial charge in [-0.2, -0.15) is 0 Å². The summed E-state index contributed by atoms with van der Waals surface area (Å²) in [4.78, 5) is 28.7. The van der Waals surface area contributed by atoms with E-state index in [1.807, 2.05) is 30.3 Å². The fraction of sp³-hybridized carbons (Fsp3) is 0.333. The lowest BCUT2D eigenvalue weighted by atomic mass is 10.1. The summed E-state index contributed by atoms with van der Waals surface area (Å²) in [6, 6.07) is 13.1. The third kappa shape index (κ3) is 5.31. The number of rotatable bonds is 7. The first kappa shape index (κ1) is 22.8. The summed E-state index contributed by atoms with van der Waals surface area (Å²) in [5.41, 5.74) is 7.01. The quantitative estimate of drug-likeness (QED) is 0.696. The molecule has 0 bridgehead atoms. The number of carbonyl (C=O) groups excluding carboxylic acids is 2. The van der Waals surface area contributed by atoms with Crippen LogP contribution in [0.25, 0.3) is 0 Å². The SMILES string of the molecule is Cl.NCCN(CCc1ccccc1)C(=O)C1CCN(c2ccc(F)c(F)c2)C1=O. The van der Waals surface area contributed by atoms with Gasteiger partial charge in [-0.05, 0) is 30.5 Å². The van der Waals surface area contributed by atoms with Gasteiger partial charge in [-0.15, -0.1) is 12.4 Å². The average molecular weight is 424 g/mol. The van der Waals surface area contributed by atoms with Gasteiger partial charge in [-0.3, -0.25) is 9.59 Å². The van der Waals surface area contributed by atoms with Crippen molar-refractivity contribution >= 4 is 29.9 Å². The number of nitrogens with zero attached hydrogens (tertiary/aromatic N) is 2. The number of halogens is 3. The molecule has 5 nitrogen and oxygen atoms in total. The molecule has 1 aliphatic rings. The summed E-state index contributed by atoms with van der Waals surface area (Å²) in [6.45, 7) is 1.42. The zero-order valence-corrected chi connectivity index (χ0v) is 16.7. The van der Waals surface area contributed by atoms with Gasteiger partial charge in [0.05, 0.1) is 0 Å². The third-order valence-corrected chi connectivity index (χ3v) is 4.94.